The van der Waals surface area contributed by atoms with Gasteiger partial charge in [-0.3, -0.25) is 19.2 Å². The molecule has 0 radical (unpaired) electrons. The van der Waals surface area contributed by atoms with Gasteiger partial charge in [0.1, 0.15) is 6.04 Å². The molecule has 3 aromatic rings. The zero-order valence-corrected chi connectivity index (χ0v) is 33.7. The van der Waals surface area contributed by atoms with E-state index in [0.717, 1.165) is 16.7 Å². The molecule has 0 bridgehead atoms. The predicted octanol–water partition coefficient (Wildman–Crippen LogP) is 6.03. The molecule has 0 aliphatic rings. The van der Waals surface area contributed by atoms with E-state index in [9.17, 15) is 27.6 Å². The number of likely N-dealkylation sites (N-methyl/N-ethyl adjacent to an activating group) is 2. The van der Waals surface area contributed by atoms with Gasteiger partial charge in [0.25, 0.3) is 5.91 Å². The van der Waals surface area contributed by atoms with Crippen LogP contribution < -0.4 is 15.4 Å². The fourth-order valence-electron chi connectivity index (χ4n) is 6.34. The van der Waals surface area contributed by atoms with Crippen LogP contribution >= 0.6 is 0 Å². The third-order valence-corrected chi connectivity index (χ3v) is 10.8. The Morgan fingerprint density at radius 3 is 1.79 bits per heavy atom. The molecule has 0 aromatic heterocycles. The molecule has 0 aliphatic carbocycles. The Labute approximate surface area is 315 Å². The second kappa shape index (κ2) is 17.5. The summed E-state index contributed by atoms with van der Waals surface area (Å²) < 4.78 is 27.6. The summed E-state index contributed by atoms with van der Waals surface area (Å²) in [5.74, 6) is -1.96. The fourth-order valence-corrected chi connectivity index (χ4v) is 7.48. The maximum absolute atomic E-state index is 14.3. The largest absolute Gasteiger partial charge is 0.342 e. The number of ketones is 1. The molecule has 3 N–H and O–H groups in total. The number of carbonyl (C=O) groups is 4. The number of hydrogen-bond acceptors (Lipinski definition) is 7. The first-order valence-corrected chi connectivity index (χ1v) is 19.5. The SMILES string of the molecule is CNC(C(=O)NC(C(=O)N(C)C(/C=C(\C)C(=O)NS(=O)(=O)Cc1ccccc1)C(C)C)C(C)(C)C)C(C)(C)c1ccc(-c2ccc(C(C)=O)cc2)cc1. The van der Waals surface area contributed by atoms with Crippen molar-refractivity contribution in [1.29, 1.82) is 0 Å². The van der Waals surface area contributed by atoms with Gasteiger partial charge in [-0.1, -0.05) is 133 Å². The topological polar surface area (TPSA) is 142 Å². The Morgan fingerprint density at radius 2 is 1.32 bits per heavy atom. The normalized spacial score (nSPS) is 14.2. The van der Waals surface area contributed by atoms with Crippen LogP contribution in [0, 0.1) is 11.3 Å². The second-order valence-corrected chi connectivity index (χ2v) is 17.4. The molecular weight excluding hydrogens is 689 g/mol. The highest BCUT2D eigenvalue weighted by atomic mass is 32.2. The third kappa shape index (κ3) is 11.2. The quantitative estimate of drug-likeness (QED) is 0.128. The first-order chi connectivity index (χ1) is 24.6. The van der Waals surface area contributed by atoms with Gasteiger partial charge in [-0.15, -0.1) is 0 Å². The van der Waals surface area contributed by atoms with Gasteiger partial charge in [0.05, 0.1) is 17.8 Å². The van der Waals surface area contributed by atoms with E-state index < -0.39 is 44.9 Å². The summed E-state index contributed by atoms with van der Waals surface area (Å²) in [6, 6.07) is 21.7. The van der Waals surface area contributed by atoms with Gasteiger partial charge in [0.2, 0.25) is 21.8 Å². The van der Waals surface area contributed by atoms with Gasteiger partial charge < -0.3 is 15.5 Å². The predicted molar refractivity (Wildman–Crippen MR) is 212 cm³/mol. The number of sulfonamides is 1. The molecule has 0 spiro atoms. The Hall–Kier alpha value is -4.61. The van der Waals surface area contributed by atoms with Crippen LogP contribution in [-0.2, 0) is 35.6 Å². The molecule has 0 saturated carbocycles. The molecule has 3 aromatic carbocycles. The van der Waals surface area contributed by atoms with Crippen molar-refractivity contribution < 1.29 is 27.6 Å². The summed E-state index contributed by atoms with van der Waals surface area (Å²) in [6.07, 6.45) is 1.60. The van der Waals surface area contributed by atoms with Crippen LogP contribution in [0.1, 0.15) is 83.8 Å². The molecule has 0 fully saturated rings. The van der Waals surface area contributed by atoms with Crippen LogP contribution in [0.15, 0.2) is 90.5 Å². The van der Waals surface area contributed by atoms with Crippen LogP contribution in [0.2, 0.25) is 0 Å². The van der Waals surface area contributed by atoms with Crippen molar-refractivity contribution in [3.05, 3.63) is 107 Å². The monoisotopic (exact) mass is 744 g/mol. The van der Waals surface area contributed by atoms with Gasteiger partial charge >= 0.3 is 0 Å². The van der Waals surface area contributed by atoms with Gasteiger partial charge in [0, 0.05) is 23.6 Å². The van der Waals surface area contributed by atoms with Crippen LogP contribution in [-0.4, -0.2) is 69.0 Å². The van der Waals surface area contributed by atoms with Crippen LogP contribution in [0.3, 0.4) is 0 Å². The molecule has 0 aliphatic heterocycles. The van der Waals surface area contributed by atoms with E-state index in [4.69, 9.17) is 0 Å². The third-order valence-electron chi connectivity index (χ3n) is 9.63. The number of hydrogen-bond donors (Lipinski definition) is 3. The molecule has 3 unspecified atom stereocenters. The highest BCUT2D eigenvalue weighted by molar-refractivity contribution is 7.89. The summed E-state index contributed by atoms with van der Waals surface area (Å²) in [5, 5.41) is 6.21. The number of Topliss-reactive ketones (excluding diaryl/α,β-unsaturated/α-hetero) is 1. The number of rotatable bonds is 15. The standard InChI is InChI=1S/C42H56N4O6S/c1-27(2)35(25-28(3)38(48)45-53(51,52)26-30-15-13-12-14-16-30)46(11)40(50)37(41(5,6)7)44-39(49)36(43-10)42(8,9)34-23-21-33(22-24-34)32-19-17-31(18-20-32)29(4)47/h12-25,27,35-37,43H,26H2,1-11H3,(H,44,49)(H,45,48)/b28-25+. The summed E-state index contributed by atoms with van der Waals surface area (Å²) in [4.78, 5) is 54.6. The molecule has 3 rings (SSSR count). The van der Waals surface area contributed by atoms with E-state index in [0.29, 0.717) is 11.1 Å². The van der Waals surface area contributed by atoms with E-state index in [1.807, 2.05) is 84.9 Å². The summed E-state index contributed by atoms with van der Waals surface area (Å²) >= 11 is 0. The molecule has 53 heavy (non-hydrogen) atoms. The summed E-state index contributed by atoms with van der Waals surface area (Å²) in [6.45, 7) is 16.4. The lowest BCUT2D eigenvalue weighted by molar-refractivity contribution is -0.140. The molecule has 0 saturated heterocycles. The first kappa shape index (κ1) is 42.8. The van der Waals surface area contributed by atoms with E-state index in [-0.39, 0.29) is 34.8 Å². The number of nitrogens with zero attached hydrogens (tertiary/aromatic N) is 1. The summed E-state index contributed by atoms with van der Waals surface area (Å²) in [7, 11) is -0.626. The lowest BCUT2D eigenvalue weighted by atomic mass is 9.76. The van der Waals surface area contributed by atoms with Crippen molar-refractivity contribution in [2.75, 3.05) is 14.1 Å². The minimum Gasteiger partial charge on any atom is -0.342 e. The molecule has 11 heteroatoms. The highest BCUT2D eigenvalue weighted by Crippen LogP contribution is 2.31. The highest BCUT2D eigenvalue weighted by Gasteiger charge is 2.41. The summed E-state index contributed by atoms with van der Waals surface area (Å²) in [5.41, 5.74) is 2.82. The molecule has 10 nitrogen and oxygen atoms in total. The maximum atomic E-state index is 14.3. The second-order valence-electron chi connectivity index (χ2n) is 15.7. The van der Waals surface area contributed by atoms with Crippen LogP contribution in [0.25, 0.3) is 11.1 Å². The average Bonchev–Trinajstić information content (AvgIpc) is 3.08. The molecule has 0 heterocycles. The Morgan fingerprint density at radius 1 is 0.792 bits per heavy atom. The van der Waals surface area contributed by atoms with Gasteiger partial charge in [-0.25, -0.2) is 13.1 Å². The van der Waals surface area contributed by atoms with Gasteiger partial charge in [-0.05, 0) is 54.5 Å². The minimum absolute atomic E-state index is 0.00744. The van der Waals surface area contributed by atoms with Gasteiger partial charge in [0.15, 0.2) is 5.78 Å². The van der Waals surface area contributed by atoms with Crippen LogP contribution in [0.4, 0.5) is 0 Å². The zero-order valence-electron chi connectivity index (χ0n) is 32.9. The molecule has 3 atom stereocenters. The van der Waals surface area contributed by atoms with E-state index >= 15 is 0 Å². The number of carbonyl (C=O) groups excluding carboxylic acids is 4. The molecule has 3 amide bonds. The lowest BCUT2D eigenvalue weighted by Gasteiger charge is -2.40. The number of amides is 3. The average molecular weight is 745 g/mol. The fraction of sp³-hybridized carbons (Fsp3) is 0.429. The smallest absolute Gasteiger partial charge is 0.260 e. The van der Waals surface area contributed by atoms with E-state index in [1.165, 1.54) is 18.7 Å². The molecular formula is C42H56N4O6S. The van der Waals surface area contributed by atoms with E-state index in [2.05, 4.69) is 15.4 Å². The number of nitrogens with one attached hydrogen (secondary N) is 3. The van der Waals surface area contributed by atoms with Crippen LogP contribution in [0.5, 0.6) is 0 Å². The van der Waals surface area contributed by atoms with Crippen molar-refractivity contribution in [1.82, 2.24) is 20.3 Å². The van der Waals surface area contributed by atoms with Crippen molar-refractivity contribution in [3.8, 4) is 11.1 Å². The first-order valence-electron chi connectivity index (χ1n) is 17.8. The maximum Gasteiger partial charge on any atom is 0.260 e. The van der Waals surface area contributed by atoms with Crippen molar-refractivity contribution in [3.63, 3.8) is 0 Å². The number of benzene rings is 3. The zero-order chi connectivity index (χ0) is 39.9. The van der Waals surface area contributed by atoms with Gasteiger partial charge in [-0.2, -0.15) is 0 Å². The van der Waals surface area contributed by atoms with Crippen molar-refractivity contribution >= 4 is 33.5 Å². The minimum atomic E-state index is -3.96. The molecule has 286 valence electrons. The Bertz CT molecular complexity index is 1900. The Kier molecular flexibility index (Phi) is 14.1. The Balaban J connectivity index is 1.81. The lowest BCUT2D eigenvalue weighted by Crippen LogP contribution is -2.61. The van der Waals surface area contributed by atoms with E-state index in [1.54, 1.807) is 62.6 Å². The van der Waals surface area contributed by atoms with Crippen molar-refractivity contribution in [2.45, 2.75) is 91.6 Å². The van der Waals surface area contributed by atoms with Crippen molar-refractivity contribution in [2.24, 2.45) is 11.3 Å².